The molecule has 0 aliphatic rings. The lowest BCUT2D eigenvalue weighted by molar-refractivity contribution is 0.0697. The van der Waals surface area contributed by atoms with Crippen LogP contribution in [0.2, 0.25) is 0 Å². The molecule has 5 heteroatoms. The Morgan fingerprint density at radius 2 is 1.81 bits per heavy atom. The molecular formula is C16H13N3O2. The molecule has 0 atom stereocenters. The van der Waals surface area contributed by atoms with Crippen molar-refractivity contribution < 1.29 is 9.90 Å². The van der Waals surface area contributed by atoms with Gasteiger partial charge in [0.25, 0.3) is 0 Å². The molecule has 2 N–H and O–H groups in total. The number of aromatic amines is 1. The van der Waals surface area contributed by atoms with Crippen LogP contribution in [0.3, 0.4) is 0 Å². The van der Waals surface area contributed by atoms with Crippen LogP contribution in [0.4, 0.5) is 0 Å². The lowest BCUT2D eigenvalue weighted by Crippen LogP contribution is -1.95. The fourth-order valence-electron chi connectivity index (χ4n) is 2.27. The van der Waals surface area contributed by atoms with Crippen LogP contribution in [0.25, 0.3) is 22.5 Å². The highest BCUT2D eigenvalue weighted by Gasteiger charge is 2.07. The summed E-state index contributed by atoms with van der Waals surface area (Å²) in [4.78, 5) is 15.0. The molecule has 0 saturated heterocycles. The first-order chi connectivity index (χ1) is 10.1. The summed E-state index contributed by atoms with van der Waals surface area (Å²) in [5, 5.41) is 15.6. The van der Waals surface area contributed by atoms with E-state index in [0.29, 0.717) is 0 Å². The molecular weight excluding hydrogens is 266 g/mol. The molecule has 0 unspecified atom stereocenters. The molecule has 3 rings (SSSR count). The van der Waals surface area contributed by atoms with Crippen molar-refractivity contribution >= 4 is 5.97 Å². The summed E-state index contributed by atoms with van der Waals surface area (Å²) in [6.45, 7) is 2.01. The normalized spacial score (nSPS) is 10.5. The predicted octanol–water partition coefficient (Wildman–Crippen LogP) is 3.15. The highest BCUT2D eigenvalue weighted by molar-refractivity contribution is 5.88. The van der Waals surface area contributed by atoms with Crippen molar-refractivity contribution in [3.8, 4) is 22.5 Å². The van der Waals surface area contributed by atoms with E-state index in [1.807, 2.05) is 37.3 Å². The zero-order chi connectivity index (χ0) is 14.8. The van der Waals surface area contributed by atoms with Gasteiger partial charge in [0.1, 0.15) is 6.33 Å². The van der Waals surface area contributed by atoms with E-state index < -0.39 is 5.97 Å². The topological polar surface area (TPSA) is 78.9 Å². The van der Waals surface area contributed by atoms with Crippen molar-refractivity contribution in [2.75, 3.05) is 0 Å². The van der Waals surface area contributed by atoms with Crippen molar-refractivity contribution in [2.24, 2.45) is 0 Å². The van der Waals surface area contributed by atoms with Crippen LogP contribution in [0.15, 0.2) is 48.8 Å². The molecule has 0 fully saturated rings. The number of nitrogens with one attached hydrogen (secondary N) is 1. The molecule has 21 heavy (non-hydrogen) atoms. The molecule has 2 aromatic carbocycles. The molecule has 0 saturated carbocycles. The van der Waals surface area contributed by atoms with E-state index in [9.17, 15) is 4.79 Å². The number of aromatic nitrogens is 3. The number of carboxylic acid groups (broad SMARTS) is 1. The Balaban J connectivity index is 1.97. The van der Waals surface area contributed by atoms with Gasteiger partial charge in [0, 0.05) is 5.56 Å². The number of carbonyl (C=O) groups is 1. The second-order valence-electron chi connectivity index (χ2n) is 4.75. The summed E-state index contributed by atoms with van der Waals surface area (Å²) in [6, 6.07) is 12.9. The maximum absolute atomic E-state index is 10.9. The highest BCUT2D eigenvalue weighted by atomic mass is 16.4. The van der Waals surface area contributed by atoms with E-state index in [4.69, 9.17) is 5.11 Å². The van der Waals surface area contributed by atoms with Gasteiger partial charge in [-0.1, -0.05) is 24.3 Å². The van der Waals surface area contributed by atoms with Gasteiger partial charge in [0.2, 0.25) is 0 Å². The average molecular weight is 279 g/mol. The van der Waals surface area contributed by atoms with Crippen LogP contribution < -0.4 is 0 Å². The van der Waals surface area contributed by atoms with Gasteiger partial charge >= 0.3 is 5.97 Å². The van der Waals surface area contributed by atoms with E-state index in [2.05, 4.69) is 15.2 Å². The number of H-pyrrole nitrogens is 1. The van der Waals surface area contributed by atoms with Crippen molar-refractivity contribution in [2.45, 2.75) is 6.92 Å². The Bertz CT molecular complexity index is 778. The number of hydrogen-bond donors (Lipinski definition) is 2. The molecule has 0 radical (unpaired) electrons. The summed E-state index contributed by atoms with van der Waals surface area (Å²) in [6.07, 6.45) is 1.48. The van der Waals surface area contributed by atoms with Crippen molar-refractivity contribution in [3.63, 3.8) is 0 Å². The van der Waals surface area contributed by atoms with E-state index in [1.165, 1.54) is 6.33 Å². The number of hydrogen-bond acceptors (Lipinski definition) is 3. The van der Waals surface area contributed by atoms with Crippen molar-refractivity contribution in [3.05, 3.63) is 59.9 Å². The Hall–Kier alpha value is -2.95. The maximum Gasteiger partial charge on any atom is 0.335 e. The minimum Gasteiger partial charge on any atom is -0.478 e. The van der Waals surface area contributed by atoms with E-state index in [0.717, 1.165) is 28.1 Å². The first-order valence-corrected chi connectivity index (χ1v) is 6.45. The largest absolute Gasteiger partial charge is 0.478 e. The molecule has 0 amide bonds. The third-order valence-electron chi connectivity index (χ3n) is 3.36. The monoisotopic (exact) mass is 279 g/mol. The van der Waals surface area contributed by atoms with Crippen molar-refractivity contribution in [1.82, 2.24) is 15.2 Å². The summed E-state index contributed by atoms with van der Waals surface area (Å²) >= 11 is 0. The maximum atomic E-state index is 10.9. The fourth-order valence-corrected chi connectivity index (χ4v) is 2.27. The predicted molar refractivity (Wildman–Crippen MR) is 79.0 cm³/mol. The van der Waals surface area contributed by atoms with Gasteiger partial charge in [-0.25, -0.2) is 9.78 Å². The van der Waals surface area contributed by atoms with Crippen LogP contribution in [0, 0.1) is 6.92 Å². The third-order valence-corrected chi connectivity index (χ3v) is 3.36. The minimum absolute atomic E-state index is 0.287. The number of nitrogens with zero attached hydrogens (tertiary/aromatic N) is 2. The van der Waals surface area contributed by atoms with E-state index in [1.54, 1.807) is 12.1 Å². The van der Waals surface area contributed by atoms with Crippen LogP contribution >= 0.6 is 0 Å². The summed E-state index contributed by atoms with van der Waals surface area (Å²) in [7, 11) is 0. The number of aryl methyl sites for hydroxylation is 1. The molecule has 5 nitrogen and oxygen atoms in total. The number of carboxylic acids is 1. The van der Waals surface area contributed by atoms with Gasteiger partial charge in [-0.3, -0.25) is 5.10 Å². The van der Waals surface area contributed by atoms with E-state index in [-0.39, 0.29) is 5.56 Å². The third kappa shape index (κ3) is 2.53. The molecule has 0 spiro atoms. The first kappa shape index (κ1) is 13.1. The average Bonchev–Trinajstić information content (AvgIpc) is 3.01. The summed E-state index contributed by atoms with van der Waals surface area (Å²) < 4.78 is 0. The molecule has 3 aromatic rings. The van der Waals surface area contributed by atoms with Gasteiger partial charge in [0.15, 0.2) is 5.82 Å². The lowest BCUT2D eigenvalue weighted by Gasteiger charge is -2.08. The number of rotatable bonds is 3. The van der Waals surface area contributed by atoms with Gasteiger partial charge in [-0.15, -0.1) is 0 Å². The smallest absolute Gasteiger partial charge is 0.335 e. The second-order valence-corrected chi connectivity index (χ2v) is 4.75. The molecule has 1 aromatic heterocycles. The Morgan fingerprint density at radius 3 is 2.38 bits per heavy atom. The minimum atomic E-state index is -0.918. The Kier molecular flexibility index (Phi) is 3.23. The van der Waals surface area contributed by atoms with Gasteiger partial charge in [-0.2, -0.15) is 5.10 Å². The highest BCUT2D eigenvalue weighted by Crippen LogP contribution is 2.27. The van der Waals surface area contributed by atoms with Crippen LogP contribution in [0.1, 0.15) is 15.9 Å². The Labute approximate surface area is 121 Å². The first-order valence-electron chi connectivity index (χ1n) is 6.45. The summed E-state index contributed by atoms with van der Waals surface area (Å²) in [5.41, 5.74) is 4.40. The van der Waals surface area contributed by atoms with Crippen molar-refractivity contribution in [1.29, 1.82) is 0 Å². The van der Waals surface area contributed by atoms with Crippen LogP contribution in [-0.2, 0) is 0 Å². The SMILES string of the molecule is Cc1cc(-c2ncn[nH]2)ccc1-c1ccc(C(=O)O)cc1. The molecule has 0 aliphatic carbocycles. The quantitative estimate of drug-likeness (QED) is 0.772. The second kappa shape index (κ2) is 5.20. The van der Waals surface area contributed by atoms with Gasteiger partial charge in [-0.05, 0) is 41.8 Å². The van der Waals surface area contributed by atoms with Gasteiger partial charge in [0.05, 0.1) is 5.56 Å². The fraction of sp³-hybridized carbons (Fsp3) is 0.0625. The van der Waals surface area contributed by atoms with Crippen LogP contribution in [0.5, 0.6) is 0 Å². The summed E-state index contributed by atoms with van der Waals surface area (Å²) in [5.74, 6) is -0.190. The zero-order valence-electron chi connectivity index (χ0n) is 11.4. The standard InChI is InChI=1S/C16H13N3O2/c1-10-8-13(15-17-9-18-19-15)6-7-14(10)11-2-4-12(5-3-11)16(20)21/h2-9H,1H3,(H,20,21)(H,17,18,19). The van der Waals surface area contributed by atoms with Crippen LogP contribution in [-0.4, -0.2) is 26.3 Å². The lowest BCUT2D eigenvalue weighted by atomic mass is 9.97. The number of aromatic carboxylic acids is 1. The molecule has 0 bridgehead atoms. The van der Waals surface area contributed by atoms with Gasteiger partial charge < -0.3 is 5.11 Å². The van der Waals surface area contributed by atoms with E-state index >= 15 is 0 Å². The molecule has 0 aliphatic heterocycles. The Morgan fingerprint density at radius 1 is 1.10 bits per heavy atom. The number of benzene rings is 2. The molecule has 1 heterocycles. The molecule has 104 valence electrons. The zero-order valence-corrected chi connectivity index (χ0v) is 11.4.